The Kier molecular flexibility index (Phi) is 9.54. The minimum Gasteiger partial charge on any atom is -0.331 e. The third-order valence-corrected chi connectivity index (χ3v) is 7.76. The number of aryl methyl sites for hydroxylation is 1. The second-order valence-electron chi connectivity index (χ2n) is 9.53. The summed E-state index contributed by atoms with van der Waals surface area (Å²) in [4.78, 5) is 31.8. The third-order valence-electron chi connectivity index (χ3n) is 6.76. The van der Waals surface area contributed by atoms with Crippen molar-refractivity contribution >= 4 is 23.2 Å². The van der Waals surface area contributed by atoms with Crippen molar-refractivity contribution < 1.29 is 9.59 Å². The molecule has 0 N–H and O–H groups in total. The largest absolute Gasteiger partial charge is 0.331 e. The predicted octanol–water partition coefficient (Wildman–Crippen LogP) is 6.52. The van der Waals surface area contributed by atoms with Gasteiger partial charge in [-0.2, -0.15) is 0 Å². The minimum absolute atomic E-state index is 0.0138. The number of fused-ring (bicyclic) bond motifs is 1. The maximum atomic E-state index is 13.6. The zero-order valence-electron chi connectivity index (χ0n) is 20.8. The molecule has 0 saturated carbocycles. The van der Waals surface area contributed by atoms with Crippen LogP contribution < -0.4 is 0 Å². The second kappa shape index (κ2) is 12.4. The summed E-state index contributed by atoms with van der Waals surface area (Å²) in [5, 5.41) is 2.13. The molecule has 5 heteroatoms. The maximum Gasteiger partial charge on any atom is 0.243 e. The van der Waals surface area contributed by atoms with Crippen LogP contribution in [0.2, 0.25) is 0 Å². The summed E-state index contributed by atoms with van der Waals surface area (Å²) in [6.07, 6.45) is 8.36. The SMILES string of the molecule is CCCCCCCCC(=O)N(CC(=O)N1CCc2sccc2C1c1ccccc1C)C(C)C. The fourth-order valence-electron chi connectivity index (χ4n) is 4.81. The number of hydrogen-bond acceptors (Lipinski definition) is 3. The van der Waals surface area contributed by atoms with Crippen LogP contribution in [0.1, 0.15) is 93.3 Å². The van der Waals surface area contributed by atoms with E-state index in [-0.39, 0.29) is 30.4 Å². The van der Waals surface area contributed by atoms with Crippen LogP contribution in [0, 0.1) is 6.92 Å². The fraction of sp³-hybridized carbons (Fsp3) is 0.571. The number of nitrogens with zero attached hydrogens (tertiary/aromatic N) is 2. The van der Waals surface area contributed by atoms with Crippen LogP contribution in [0.4, 0.5) is 0 Å². The van der Waals surface area contributed by atoms with E-state index in [1.165, 1.54) is 47.3 Å². The summed E-state index contributed by atoms with van der Waals surface area (Å²) in [7, 11) is 0. The summed E-state index contributed by atoms with van der Waals surface area (Å²) >= 11 is 1.78. The van der Waals surface area contributed by atoms with E-state index in [1.54, 1.807) is 16.2 Å². The monoisotopic (exact) mass is 468 g/mol. The van der Waals surface area contributed by atoms with Gasteiger partial charge >= 0.3 is 0 Å². The normalized spacial score (nSPS) is 15.5. The lowest BCUT2D eigenvalue weighted by atomic mass is 9.90. The summed E-state index contributed by atoms with van der Waals surface area (Å²) < 4.78 is 0. The molecule has 0 aliphatic carbocycles. The van der Waals surface area contributed by atoms with Gasteiger partial charge in [0.25, 0.3) is 0 Å². The first-order valence-corrected chi connectivity index (χ1v) is 13.5. The van der Waals surface area contributed by atoms with E-state index < -0.39 is 0 Å². The van der Waals surface area contributed by atoms with Crippen LogP contribution in [0.3, 0.4) is 0 Å². The first-order valence-electron chi connectivity index (χ1n) is 12.6. The standard InChI is InChI=1S/C28H40N2O2S/c1-5-6-7-8-9-10-15-26(31)30(21(2)3)20-27(32)29-18-16-25-24(17-19-33-25)28(29)23-14-12-11-13-22(23)4/h11-14,17,19,21,28H,5-10,15-16,18,20H2,1-4H3. The molecule has 0 bridgehead atoms. The molecule has 2 heterocycles. The molecular formula is C28H40N2O2S. The molecule has 1 atom stereocenters. The van der Waals surface area contributed by atoms with Crippen LogP contribution in [-0.2, 0) is 16.0 Å². The molecule has 0 saturated heterocycles. The van der Waals surface area contributed by atoms with Crippen LogP contribution >= 0.6 is 11.3 Å². The summed E-state index contributed by atoms with van der Waals surface area (Å²) in [5.41, 5.74) is 3.61. The van der Waals surface area contributed by atoms with Crippen molar-refractivity contribution in [3.63, 3.8) is 0 Å². The number of benzene rings is 1. The van der Waals surface area contributed by atoms with Gasteiger partial charge in [0.1, 0.15) is 6.54 Å². The zero-order chi connectivity index (χ0) is 23.8. The molecule has 0 radical (unpaired) electrons. The molecule has 180 valence electrons. The van der Waals surface area contributed by atoms with Gasteiger partial charge in [-0.1, -0.05) is 63.3 Å². The predicted molar refractivity (Wildman–Crippen MR) is 138 cm³/mol. The number of unbranched alkanes of at least 4 members (excludes halogenated alkanes) is 5. The van der Waals surface area contributed by atoms with Gasteiger partial charge in [-0.25, -0.2) is 0 Å². The van der Waals surface area contributed by atoms with Gasteiger partial charge in [0.2, 0.25) is 11.8 Å². The highest BCUT2D eigenvalue weighted by molar-refractivity contribution is 7.10. The van der Waals surface area contributed by atoms with E-state index in [0.29, 0.717) is 13.0 Å². The van der Waals surface area contributed by atoms with Crippen molar-refractivity contribution in [2.45, 2.75) is 91.1 Å². The molecule has 1 aromatic heterocycles. The quantitative estimate of drug-likeness (QED) is 0.352. The molecule has 1 aliphatic rings. The molecule has 0 spiro atoms. The van der Waals surface area contributed by atoms with E-state index in [1.807, 2.05) is 24.8 Å². The van der Waals surface area contributed by atoms with Crippen LogP contribution in [0.15, 0.2) is 35.7 Å². The van der Waals surface area contributed by atoms with Crippen molar-refractivity contribution in [3.8, 4) is 0 Å². The van der Waals surface area contributed by atoms with E-state index in [0.717, 1.165) is 19.3 Å². The van der Waals surface area contributed by atoms with Gasteiger partial charge in [0, 0.05) is 23.9 Å². The topological polar surface area (TPSA) is 40.6 Å². The molecule has 2 amide bonds. The number of thiophene rings is 1. The van der Waals surface area contributed by atoms with E-state index in [9.17, 15) is 9.59 Å². The fourth-order valence-corrected chi connectivity index (χ4v) is 5.71. The first-order chi connectivity index (χ1) is 15.9. The molecule has 1 aromatic carbocycles. The summed E-state index contributed by atoms with van der Waals surface area (Å²) in [6, 6.07) is 10.5. The summed E-state index contributed by atoms with van der Waals surface area (Å²) in [6.45, 7) is 9.21. The zero-order valence-corrected chi connectivity index (χ0v) is 21.6. The highest BCUT2D eigenvalue weighted by atomic mass is 32.1. The Morgan fingerprint density at radius 2 is 1.79 bits per heavy atom. The Morgan fingerprint density at radius 3 is 2.52 bits per heavy atom. The molecule has 1 unspecified atom stereocenters. The van der Waals surface area contributed by atoms with Crippen LogP contribution in [-0.4, -0.2) is 40.7 Å². The van der Waals surface area contributed by atoms with E-state index >= 15 is 0 Å². The maximum absolute atomic E-state index is 13.6. The average Bonchev–Trinajstić information content (AvgIpc) is 3.28. The Bertz CT molecular complexity index is 920. The molecule has 2 aromatic rings. The van der Waals surface area contributed by atoms with Gasteiger partial charge in [-0.05, 0) is 61.7 Å². The molecular weight excluding hydrogens is 428 g/mol. The van der Waals surface area contributed by atoms with Gasteiger partial charge in [0.15, 0.2) is 0 Å². The lowest BCUT2D eigenvalue weighted by Crippen LogP contribution is -2.48. The summed E-state index contributed by atoms with van der Waals surface area (Å²) in [5.74, 6) is 0.152. The Morgan fingerprint density at radius 1 is 1.06 bits per heavy atom. The molecule has 4 nitrogen and oxygen atoms in total. The smallest absolute Gasteiger partial charge is 0.243 e. The first kappa shape index (κ1) is 25.5. The molecule has 1 aliphatic heterocycles. The van der Waals surface area contributed by atoms with Gasteiger partial charge < -0.3 is 9.80 Å². The minimum atomic E-state index is -0.0728. The highest BCUT2D eigenvalue weighted by Crippen LogP contribution is 2.39. The number of rotatable bonds is 11. The Labute approximate surface area is 204 Å². The molecule has 0 fully saturated rings. The van der Waals surface area contributed by atoms with Gasteiger partial charge in [-0.15, -0.1) is 11.3 Å². The molecule has 33 heavy (non-hydrogen) atoms. The Balaban J connectivity index is 1.71. The van der Waals surface area contributed by atoms with E-state index in [2.05, 4.69) is 43.5 Å². The van der Waals surface area contributed by atoms with Crippen LogP contribution in [0.5, 0.6) is 0 Å². The van der Waals surface area contributed by atoms with Crippen molar-refractivity contribution in [2.24, 2.45) is 0 Å². The van der Waals surface area contributed by atoms with E-state index in [4.69, 9.17) is 0 Å². The second-order valence-corrected chi connectivity index (χ2v) is 10.5. The number of hydrogen-bond donors (Lipinski definition) is 0. The van der Waals surface area contributed by atoms with Crippen molar-refractivity contribution in [1.82, 2.24) is 9.80 Å². The van der Waals surface area contributed by atoms with Crippen molar-refractivity contribution in [2.75, 3.05) is 13.1 Å². The third kappa shape index (κ3) is 6.47. The van der Waals surface area contributed by atoms with Crippen LogP contribution in [0.25, 0.3) is 0 Å². The molecule has 3 rings (SSSR count). The lowest BCUT2D eigenvalue weighted by molar-refractivity contribution is -0.143. The average molecular weight is 469 g/mol. The number of carbonyl (C=O) groups excluding carboxylic acids is 2. The van der Waals surface area contributed by atoms with Crippen molar-refractivity contribution in [1.29, 1.82) is 0 Å². The highest BCUT2D eigenvalue weighted by Gasteiger charge is 2.34. The van der Waals surface area contributed by atoms with Gasteiger partial charge in [0.05, 0.1) is 6.04 Å². The number of amides is 2. The lowest BCUT2D eigenvalue weighted by Gasteiger charge is -2.38. The number of carbonyl (C=O) groups is 2. The van der Waals surface area contributed by atoms with Crippen molar-refractivity contribution in [3.05, 3.63) is 57.3 Å². The Hall–Kier alpha value is -2.14. The van der Waals surface area contributed by atoms with Gasteiger partial charge in [-0.3, -0.25) is 9.59 Å².